The molecule has 0 aromatic heterocycles. The lowest BCUT2D eigenvalue weighted by Crippen LogP contribution is -2.47. The predicted molar refractivity (Wildman–Crippen MR) is 138 cm³/mol. The smallest absolute Gasteiger partial charge is 0.192 e. The maximum Gasteiger partial charge on any atom is 0.192 e. The van der Waals surface area contributed by atoms with Gasteiger partial charge in [-0.1, -0.05) is 112 Å². The molecule has 2 nitrogen and oxygen atoms in total. The normalized spacial score (nSPS) is 19.8. The van der Waals surface area contributed by atoms with Gasteiger partial charge >= 0.3 is 0 Å². The van der Waals surface area contributed by atoms with Crippen molar-refractivity contribution in [1.29, 1.82) is 0 Å². The van der Waals surface area contributed by atoms with Crippen LogP contribution in [0.2, 0.25) is 18.1 Å². The number of rotatable bonds is 6. The Bertz CT molecular complexity index is 899. The third-order valence-electron chi connectivity index (χ3n) is 7.57. The van der Waals surface area contributed by atoms with E-state index in [1.54, 1.807) is 0 Å². The lowest BCUT2D eigenvalue weighted by atomic mass is 9.64. The molecule has 3 heteroatoms. The summed E-state index contributed by atoms with van der Waals surface area (Å²) in [6.45, 7) is 12.6. The zero-order chi connectivity index (χ0) is 22.8. The van der Waals surface area contributed by atoms with Crippen LogP contribution in [0.25, 0.3) is 0 Å². The average molecular weight is 444 g/mol. The van der Waals surface area contributed by atoms with Crippen molar-refractivity contribution < 1.29 is 4.43 Å². The molecule has 1 heterocycles. The molecule has 1 N–H and O–H groups in total. The Morgan fingerprint density at radius 2 is 1.12 bits per heavy atom. The molecule has 168 valence electrons. The minimum absolute atomic E-state index is 0.209. The molecular weight excluding hydrogens is 406 g/mol. The molecule has 1 saturated heterocycles. The van der Waals surface area contributed by atoms with E-state index in [0.717, 1.165) is 13.0 Å². The number of hydrogen-bond acceptors (Lipinski definition) is 2. The van der Waals surface area contributed by atoms with Gasteiger partial charge in [-0.2, -0.15) is 0 Å². The SMILES string of the molecule is CC(C)(C)[Si](C)(C)O[C@H]1CN[C@@H](C(c2ccccc2)(c2ccccc2)c2ccccc2)C1. The van der Waals surface area contributed by atoms with E-state index >= 15 is 0 Å². The van der Waals surface area contributed by atoms with Crippen LogP contribution in [0.1, 0.15) is 43.9 Å². The van der Waals surface area contributed by atoms with Crippen LogP contribution in [0.4, 0.5) is 0 Å². The highest BCUT2D eigenvalue weighted by Gasteiger charge is 2.48. The van der Waals surface area contributed by atoms with Crippen molar-refractivity contribution >= 4 is 8.32 Å². The van der Waals surface area contributed by atoms with Crippen LogP contribution in [-0.2, 0) is 9.84 Å². The quantitative estimate of drug-likeness (QED) is 0.335. The minimum atomic E-state index is -1.84. The molecule has 0 radical (unpaired) electrons. The largest absolute Gasteiger partial charge is 0.413 e. The van der Waals surface area contributed by atoms with E-state index in [2.05, 4.69) is 130 Å². The highest BCUT2D eigenvalue weighted by molar-refractivity contribution is 6.74. The summed E-state index contributed by atoms with van der Waals surface area (Å²) in [6.07, 6.45) is 1.22. The van der Waals surface area contributed by atoms with Gasteiger partial charge in [-0.25, -0.2) is 0 Å². The summed E-state index contributed by atoms with van der Waals surface area (Å²) < 4.78 is 6.87. The first kappa shape index (κ1) is 23.0. The van der Waals surface area contributed by atoms with Gasteiger partial charge in [-0.15, -0.1) is 0 Å². The van der Waals surface area contributed by atoms with Gasteiger partial charge in [-0.3, -0.25) is 0 Å². The summed E-state index contributed by atoms with van der Waals surface area (Å²) in [5, 5.41) is 4.12. The topological polar surface area (TPSA) is 21.3 Å². The Kier molecular flexibility index (Phi) is 6.44. The molecule has 1 aliphatic heterocycles. The molecule has 2 atom stereocenters. The monoisotopic (exact) mass is 443 g/mol. The van der Waals surface area contributed by atoms with Gasteiger partial charge in [0.25, 0.3) is 0 Å². The standard InChI is InChI=1S/C29H37NOSi/c1-28(2,3)32(4,5)31-26-21-27(30-22-26)29(23-15-9-6-10-16-23,24-17-11-7-12-18-24)25-19-13-8-14-20-25/h6-20,26-27,30H,21-22H2,1-5H3/t26-,27-/m1/s1. The van der Waals surface area contributed by atoms with E-state index < -0.39 is 8.32 Å². The number of hydrogen-bond donors (Lipinski definition) is 1. The van der Waals surface area contributed by atoms with E-state index in [0.29, 0.717) is 0 Å². The maximum atomic E-state index is 6.87. The zero-order valence-electron chi connectivity index (χ0n) is 20.1. The van der Waals surface area contributed by atoms with Crippen LogP contribution in [-0.4, -0.2) is 27.0 Å². The molecule has 0 amide bonds. The van der Waals surface area contributed by atoms with Crippen LogP contribution < -0.4 is 5.32 Å². The number of nitrogens with one attached hydrogen (secondary N) is 1. The van der Waals surface area contributed by atoms with Gasteiger partial charge in [0.05, 0.1) is 11.5 Å². The second-order valence-corrected chi connectivity index (χ2v) is 15.4. The second kappa shape index (κ2) is 8.97. The first-order valence-electron chi connectivity index (χ1n) is 11.8. The van der Waals surface area contributed by atoms with Crippen molar-refractivity contribution in [1.82, 2.24) is 5.32 Å². The van der Waals surface area contributed by atoms with Gasteiger partial charge in [-0.05, 0) is 41.2 Å². The lowest BCUT2D eigenvalue weighted by molar-refractivity contribution is 0.194. The Hall–Kier alpha value is -2.20. The highest BCUT2D eigenvalue weighted by atomic mass is 28.4. The van der Waals surface area contributed by atoms with Crippen LogP contribution in [0.3, 0.4) is 0 Å². The summed E-state index contributed by atoms with van der Waals surface area (Å²) in [6, 6.07) is 33.2. The fraction of sp³-hybridized carbons (Fsp3) is 0.379. The molecule has 3 aromatic rings. The Morgan fingerprint density at radius 3 is 1.50 bits per heavy atom. The maximum absolute atomic E-state index is 6.87. The first-order valence-corrected chi connectivity index (χ1v) is 14.7. The van der Waals surface area contributed by atoms with Crippen molar-refractivity contribution in [3.8, 4) is 0 Å². The van der Waals surface area contributed by atoms with E-state index in [1.807, 2.05) is 0 Å². The Balaban J connectivity index is 1.81. The molecule has 0 spiro atoms. The first-order chi connectivity index (χ1) is 15.2. The van der Waals surface area contributed by atoms with Crippen LogP contribution in [0.15, 0.2) is 91.0 Å². The van der Waals surface area contributed by atoms with Crippen molar-refractivity contribution in [2.45, 2.75) is 62.9 Å². The van der Waals surface area contributed by atoms with Gasteiger partial charge < -0.3 is 9.74 Å². The van der Waals surface area contributed by atoms with Crippen molar-refractivity contribution in [3.63, 3.8) is 0 Å². The van der Waals surface area contributed by atoms with Gasteiger partial charge in [0.1, 0.15) is 0 Å². The summed E-state index contributed by atoms with van der Waals surface area (Å²) in [5.41, 5.74) is 3.68. The van der Waals surface area contributed by atoms with Crippen LogP contribution in [0, 0.1) is 0 Å². The van der Waals surface area contributed by atoms with E-state index in [9.17, 15) is 0 Å². The van der Waals surface area contributed by atoms with Gasteiger partial charge in [0.15, 0.2) is 8.32 Å². The third-order valence-corrected chi connectivity index (χ3v) is 12.1. The molecule has 32 heavy (non-hydrogen) atoms. The van der Waals surface area contributed by atoms with Crippen molar-refractivity contribution in [2.75, 3.05) is 6.54 Å². The Morgan fingerprint density at radius 1 is 0.719 bits per heavy atom. The Labute approximate surface area is 195 Å². The summed E-state index contributed by atoms with van der Waals surface area (Å²) >= 11 is 0. The molecule has 0 unspecified atom stereocenters. The van der Waals surface area contributed by atoms with E-state index in [4.69, 9.17) is 4.43 Å². The van der Waals surface area contributed by atoms with Gasteiger partial charge in [0, 0.05) is 12.6 Å². The molecule has 0 saturated carbocycles. The lowest BCUT2D eigenvalue weighted by Gasteiger charge is -2.42. The molecule has 0 bridgehead atoms. The average Bonchev–Trinajstić information content (AvgIpc) is 3.24. The minimum Gasteiger partial charge on any atom is -0.413 e. The molecule has 4 rings (SSSR count). The highest BCUT2D eigenvalue weighted by Crippen LogP contribution is 2.46. The summed E-state index contributed by atoms with van der Waals surface area (Å²) in [4.78, 5) is 0. The van der Waals surface area contributed by atoms with Crippen LogP contribution in [0.5, 0.6) is 0 Å². The molecule has 1 aliphatic rings. The zero-order valence-corrected chi connectivity index (χ0v) is 21.1. The third kappa shape index (κ3) is 4.22. The molecular formula is C29H37NOSi. The van der Waals surface area contributed by atoms with Crippen molar-refractivity contribution in [3.05, 3.63) is 108 Å². The molecule has 1 fully saturated rings. The summed E-state index contributed by atoms with van der Waals surface area (Å²) in [5.74, 6) is 0. The van der Waals surface area contributed by atoms with Crippen LogP contribution >= 0.6 is 0 Å². The van der Waals surface area contributed by atoms with E-state index in [1.165, 1.54) is 16.7 Å². The van der Waals surface area contributed by atoms with Gasteiger partial charge in [0.2, 0.25) is 0 Å². The second-order valence-electron chi connectivity index (χ2n) is 10.6. The summed E-state index contributed by atoms with van der Waals surface area (Å²) in [7, 11) is -1.84. The van der Waals surface area contributed by atoms with Crippen molar-refractivity contribution in [2.24, 2.45) is 0 Å². The predicted octanol–water partition coefficient (Wildman–Crippen LogP) is 6.77. The molecule has 0 aliphatic carbocycles. The fourth-order valence-corrected chi connectivity index (χ4v) is 6.29. The van der Waals surface area contributed by atoms with E-state index in [-0.39, 0.29) is 22.6 Å². The molecule has 3 aromatic carbocycles. The fourth-order valence-electron chi connectivity index (χ4n) is 4.92. The number of benzene rings is 3.